The van der Waals surface area contributed by atoms with Gasteiger partial charge in [-0.1, -0.05) is 30.3 Å². The molecule has 7 heteroatoms. The number of pyridine rings is 1. The molecule has 0 radical (unpaired) electrons. The highest BCUT2D eigenvalue weighted by atomic mass is 16.6. The van der Waals surface area contributed by atoms with Gasteiger partial charge in [-0.2, -0.15) is 0 Å². The van der Waals surface area contributed by atoms with E-state index in [1.807, 2.05) is 26.8 Å². The third kappa shape index (κ3) is 6.36. The zero-order chi connectivity index (χ0) is 25.0. The third-order valence-corrected chi connectivity index (χ3v) is 5.90. The van der Waals surface area contributed by atoms with E-state index in [9.17, 15) is 9.59 Å². The van der Waals surface area contributed by atoms with Gasteiger partial charge >= 0.3 is 12.1 Å². The molecule has 1 amide bonds. The third-order valence-electron chi connectivity index (χ3n) is 5.90. The van der Waals surface area contributed by atoms with Crippen molar-refractivity contribution in [3.05, 3.63) is 66.0 Å². The monoisotopic (exact) mass is 475 g/mol. The molecular weight excluding hydrogens is 442 g/mol. The first-order chi connectivity index (χ1) is 16.7. The number of carbonyl (C=O) groups excluding carboxylic acids is 2. The van der Waals surface area contributed by atoms with Crippen molar-refractivity contribution in [2.75, 3.05) is 32.8 Å². The van der Waals surface area contributed by atoms with Gasteiger partial charge in [-0.15, -0.1) is 0 Å². The number of nitrogens with zero attached hydrogens (tertiary/aromatic N) is 3. The molecule has 184 valence electrons. The molecule has 0 unspecified atom stereocenters. The summed E-state index contributed by atoms with van der Waals surface area (Å²) in [4.78, 5) is 32.8. The molecule has 2 heterocycles. The van der Waals surface area contributed by atoms with Gasteiger partial charge in [0.15, 0.2) is 0 Å². The van der Waals surface area contributed by atoms with E-state index in [1.165, 1.54) is 5.56 Å². The second kappa shape index (κ2) is 10.4. The van der Waals surface area contributed by atoms with Crippen LogP contribution in [0.4, 0.5) is 4.79 Å². The van der Waals surface area contributed by atoms with E-state index < -0.39 is 11.6 Å². The number of hydrogen-bond donors (Lipinski definition) is 0. The van der Waals surface area contributed by atoms with Gasteiger partial charge in [0.1, 0.15) is 11.3 Å². The highest BCUT2D eigenvalue weighted by Crippen LogP contribution is 2.26. The summed E-state index contributed by atoms with van der Waals surface area (Å²) in [6.07, 6.45) is 1.47. The van der Waals surface area contributed by atoms with Crippen LogP contribution in [0, 0.1) is 0 Å². The topological polar surface area (TPSA) is 72.0 Å². The Hall–Kier alpha value is -3.45. The lowest BCUT2D eigenvalue weighted by atomic mass is 10.00. The number of ether oxygens (including phenoxy) is 2. The van der Waals surface area contributed by atoms with E-state index in [4.69, 9.17) is 9.47 Å². The predicted molar refractivity (Wildman–Crippen MR) is 136 cm³/mol. The minimum absolute atomic E-state index is 0.239. The smallest absolute Gasteiger partial charge is 0.410 e. The summed E-state index contributed by atoms with van der Waals surface area (Å²) in [7, 11) is 0. The number of fused-ring (bicyclic) bond motifs is 1. The van der Waals surface area contributed by atoms with Crippen molar-refractivity contribution in [3.8, 4) is 11.1 Å². The Morgan fingerprint density at radius 3 is 2.40 bits per heavy atom. The van der Waals surface area contributed by atoms with Crippen LogP contribution in [-0.2, 0) is 16.0 Å². The number of esters is 1. The van der Waals surface area contributed by atoms with Gasteiger partial charge in [-0.3, -0.25) is 4.90 Å². The zero-order valence-corrected chi connectivity index (χ0v) is 20.9. The van der Waals surface area contributed by atoms with E-state index in [1.54, 1.807) is 24.1 Å². The average molecular weight is 476 g/mol. The van der Waals surface area contributed by atoms with Crippen LogP contribution in [-0.4, -0.2) is 65.2 Å². The van der Waals surface area contributed by atoms with Crippen molar-refractivity contribution in [1.82, 2.24) is 14.8 Å². The Morgan fingerprint density at radius 2 is 1.69 bits per heavy atom. The molecule has 0 N–H and O–H groups in total. The van der Waals surface area contributed by atoms with Crippen molar-refractivity contribution in [3.63, 3.8) is 0 Å². The van der Waals surface area contributed by atoms with Gasteiger partial charge in [-0.05, 0) is 68.0 Å². The highest BCUT2D eigenvalue weighted by Gasteiger charge is 2.25. The second-order valence-corrected chi connectivity index (χ2v) is 9.80. The van der Waals surface area contributed by atoms with Gasteiger partial charge in [0.2, 0.25) is 0 Å². The van der Waals surface area contributed by atoms with Gasteiger partial charge in [0, 0.05) is 44.3 Å². The lowest BCUT2D eigenvalue weighted by molar-refractivity contribution is 0.0139. The number of amides is 1. The molecule has 35 heavy (non-hydrogen) atoms. The van der Waals surface area contributed by atoms with Crippen LogP contribution in [0.15, 0.2) is 54.7 Å². The van der Waals surface area contributed by atoms with E-state index >= 15 is 0 Å². The lowest BCUT2D eigenvalue weighted by Crippen LogP contribution is -2.49. The molecule has 0 bridgehead atoms. The lowest BCUT2D eigenvalue weighted by Gasteiger charge is -2.35. The van der Waals surface area contributed by atoms with Crippen LogP contribution >= 0.6 is 0 Å². The average Bonchev–Trinajstić information content (AvgIpc) is 2.83. The molecule has 0 atom stereocenters. The first-order valence-corrected chi connectivity index (χ1v) is 12.1. The van der Waals surface area contributed by atoms with Crippen LogP contribution in [0.25, 0.3) is 21.9 Å². The molecule has 3 aromatic rings. The summed E-state index contributed by atoms with van der Waals surface area (Å²) in [6, 6.07) is 16.5. The minimum atomic E-state index is -0.478. The molecule has 1 aliphatic heterocycles. The number of aromatic nitrogens is 1. The summed E-state index contributed by atoms with van der Waals surface area (Å²) in [5.41, 5.74) is 3.25. The molecule has 7 nitrogen and oxygen atoms in total. The molecule has 2 aromatic carbocycles. The Morgan fingerprint density at radius 1 is 0.943 bits per heavy atom. The summed E-state index contributed by atoms with van der Waals surface area (Å²) in [6.45, 7) is 11.5. The quantitative estimate of drug-likeness (QED) is 0.477. The Kier molecular flexibility index (Phi) is 7.36. The summed E-state index contributed by atoms with van der Waals surface area (Å²) in [5, 5.41) is 1.92. The minimum Gasteiger partial charge on any atom is -0.461 e. The fourth-order valence-electron chi connectivity index (χ4n) is 4.16. The van der Waals surface area contributed by atoms with Crippen LogP contribution < -0.4 is 0 Å². The number of benzene rings is 2. The molecule has 0 spiro atoms. The second-order valence-electron chi connectivity index (χ2n) is 9.80. The summed E-state index contributed by atoms with van der Waals surface area (Å²) < 4.78 is 10.6. The van der Waals surface area contributed by atoms with Crippen LogP contribution in [0.3, 0.4) is 0 Å². The van der Waals surface area contributed by atoms with Crippen LogP contribution in [0.2, 0.25) is 0 Å². The largest absolute Gasteiger partial charge is 0.461 e. The van der Waals surface area contributed by atoms with E-state index in [2.05, 4.69) is 46.3 Å². The van der Waals surface area contributed by atoms with Gasteiger partial charge in [0.05, 0.1) is 6.61 Å². The van der Waals surface area contributed by atoms with Crippen molar-refractivity contribution in [2.24, 2.45) is 0 Å². The van der Waals surface area contributed by atoms with Crippen molar-refractivity contribution >= 4 is 22.8 Å². The van der Waals surface area contributed by atoms with E-state index in [-0.39, 0.29) is 6.09 Å². The van der Waals surface area contributed by atoms with E-state index in [0.717, 1.165) is 41.5 Å². The number of piperazine rings is 1. The zero-order valence-electron chi connectivity index (χ0n) is 20.9. The molecule has 1 saturated heterocycles. The molecular formula is C28H33N3O4. The predicted octanol–water partition coefficient (Wildman–Crippen LogP) is 5.13. The van der Waals surface area contributed by atoms with Gasteiger partial charge in [0.25, 0.3) is 0 Å². The van der Waals surface area contributed by atoms with Crippen LogP contribution in [0.5, 0.6) is 0 Å². The molecule has 0 saturated carbocycles. The SMILES string of the molecule is CCOC(=O)c1cc2cc(-c3cccc(CN4CCN(C(=O)OC(C)(C)C)CC4)c3)ccc2cn1. The molecule has 1 aliphatic rings. The van der Waals surface area contributed by atoms with Crippen molar-refractivity contribution < 1.29 is 19.1 Å². The maximum atomic E-state index is 12.3. The highest BCUT2D eigenvalue weighted by molar-refractivity contribution is 5.94. The number of carbonyl (C=O) groups is 2. The first-order valence-electron chi connectivity index (χ1n) is 12.1. The fraction of sp³-hybridized carbons (Fsp3) is 0.393. The van der Waals surface area contributed by atoms with Gasteiger partial charge in [-0.25, -0.2) is 14.6 Å². The van der Waals surface area contributed by atoms with E-state index in [0.29, 0.717) is 25.4 Å². The Balaban J connectivity index is 1.44. The Labute approximate surface area is 206 Å². The summed E-state index contributed by atoms with van der Waals surface area (Å²) >= 11 is 0. The standard InChI is InChI=1S/C28H33N3O4/c1-5-34-26(32)25-17-24-16-22(9-10-23(24)18-29-25)21-8-6-7-20(15-21)19-30-11-13-31(14-12-30)27(33)35-28(2,3)4/h6-10,15-18H,5,11-14,19H2,1-4H3. The maximum absolute atomic E-state index is 12.3. The Bertz CT molecular complexity index is 1210. The normalized spacial score (nSPS) is 14.7. The number of rotatable bonds is 5. The fourth-order valence-corrected chi connectivity index (χ4v) is 4.16. The van der Waals surface area contributed by atoms with Crippen LogP contribution in [0.1, 0.15) is 43.7 Å². The van der Waals surface area contributed by atoms with Crippen molar-refractivity contribution in [2.45, 2.75) is 39.8 Å². The summed E-state index contributed by atoms with van der Waals surface area (Å²) in [5.74, 6) is -0.409. The first kappa shape index (κ1) is 24.7. The van der Waals surface area contributed by atoms with Gasteiger partial charge < -0.3 is 14.4 Å². The molecule has 1 fully saturated rings. The molecule has 4 rings (SSSR count). The molecule has 1 aromatic heterocycles. The van der Waals surface area contributed by atoms with Crippen molar-refractivity contribution in [1.29, 1.82) is 0 Å². The molecule has 0 aliphatic carbocycles. The maximum Gasteiger partial charge on any atom is 0.410 e. The number of hydrogen-bond acceptors (Lipinski definition) is 6.